The van der Waals surface area contributed by atoms with Gasteiger partial charge in [0, 0.05) is 10.6 Å². The van der Waals surface area contributed by atoms with Gasteiger partial charge in [-0.2, -0.15) is 0 Å². The summed E-state index contributed by atoms with van der Waals surface area (Å²) in [5, 5.41) is 41.7. The van der Waals surface area contributed by atoms with E-state index in [2.05, 4.69) is 0 Å². The minimum atomic E-state index is -1.71. The predicted molar refractivity (Wildman–Crippen MR) is 108 cm³/mol. The molecule has 0 radical (unpaired) electrons. The molecule has 2 heterocycles. The second kappa shape index (κ2) is 8.09. The van der Waals surface area contributed by atoms with Crippen LogP contribution < -0.4 is 4.74 Å². The standard InChI is InChI=1S/C22H25ClO7/c1-2-28-16-6-3-13(4-7-16)9-14-10-15(5-8-17(14)23)22-20(27)18(25)19(26)21(11-24,30-22)12-29-22/h3-8,10,18-20,24-27H,2,9,11-12H2,1H3/t18?,19?,20?,21?,22-/m0/s1. The molecule has 2 aliphatic heterocycles. The maximum absolute atomic E-state index is 10.7. The van der Waals surface area contributed by atoms with Crippen molar-refractivity contribution in [3.8, 4) is 5.75 Å². The lowest BCUT2D eigenvalue weighted by molar-refractivity contribution is -0.329. The Morgan fingerprint density at radius 3 is 2.50 bits per heavy atom. The number of hydrogen-bond acceptors (Lipinski definition) is 7. The van der Waals surface area contributed by atoms with Crippen molar-refractivity contribution in [3.05, 3.63) is 64.2 Å². The number of aliphatic hydroxyl groups is 4. The summed E-state index contributed by atoms with van der Waals surface area (Å²) in [4.78, 5) is 0. The molecule has 0 aromatic heterocycles. The van der Waals surface area contributed by atoms with Crippen LogP contribution in [0, 0.1) is 0 Å². The fourth-order valence-corrected chi connectivity index (χ4v) is 4.28. The topological polar surface area (TPSA) is 109 Å². The van der Waals surface area contributed by atoms with Gasteiger partial charge in [-0.15, -0.1) is 0 Å². The SMILES string of the molecule is CCOc1ccc(Cc2cc([C@]34OCC(CO)(O3)C(O)C(O)C4O)ccc2Cl)cc1. The fraction of sp³-hybridized carbons (Fsp3) is 0.455. The molecular formula is C22H25ClO7. The average molecular weight is 437 g/mol. The normalized spacial score (nSPS) is 32.9. The van der Waals surface area contributed by atoms with Crippen molar-refractivity contribution in [3.63, 3.8) is 0 Å². The van der Waals surface area contributed by atoms with E-state index in [4.69, 9.17) is 25.8 Å². The summed E-state index contributed by atoms with van der Waals surface area (Å²) in [6, 6.07) is 12.7. The molecule has 7 nitrogen and oxygen atoms in total. The largest absolute Gasteiger partial charge is 0.494 e. The first-order valence-electron chi connectivity index (χ1n) is 9.85. The Labute approximate surface area is 179 Å². The van der Waals surface area contributed by atoms with Gasteiger partial charge in [0.2, 0.25) is 5.79 Å². The van der Waals surface area contributed by atoms with Gasteiger partial charge in [-0.25, -0.2) is 0 Å². The molecule has 4 rings (SSSR count). The van der Waals surface area contributed by atoms with Crippen LogP contribution >= 0.6 is 11.6 Å². The van der Waals surface area contributed by atoms with Crippen molar-refractivity contribution in [2.75, 3.05) is 19.8 Å². The molecule has 2 saturated heterocycles. The Bertz CT molecular complexity index is 905. The second-order valence-electron chi connectivity index (χ2n) is 7.72. The van der Waals surface area contributed by atoms with Gasteiger partial charge in [-0.1, -0.05) is 29.8 Å². The first-order valence-corrected chi connectivity index (χ1v) is 10.2. The Balaban J connectivity index is 1.66. The number of rotatable bonds is 6. The van der Waals surface area contributed by atoms with Gasteiger partial charge >= 0.3 is 0 Å². The Morgan fingerprint density at radius 1 is 1.10 bits per heavy atom. The predicted octanol–water partition coefficient (Wildman–Crippen LogP) is 1.36. The molecular weight excluding hydrogens is 412 g/mol. The zero-order valence-corrected chi connectivity index (χ0v) is 17.2. The molecule has 162 valence electrons. The molecule has 2 aromatic carbocycles. The summed E-state index contributed by atoms with van der Waals surface area (Å²) in [5.74, 6) is -0.925. The molecule has 8 heteroatoms. The van der Waals surface area contributed by atoms with Gasteiger partial charge in [0.1, 0.15) is 29.7 Å². The van der Waals surface area contributed by atoms with E-state index < -0.39 is 36.3 Å². The summed E-state index contributed by atoms with van der Waals surface area (Å²) < 4.78 is 17.1. The second-order valence-corrected chi connectivity index (χ2v) is 8.13. The number of halogens is 1. The fourth-order valence-electron chi connectivity index (χ4n) is 4.09. The highest BCUT2D eigenvalue weighted by Gasteiger charge is 2.67. The van der Waals surface area contributed by atoms with Crippen molar-refractivity contribution in [2.45, 2.75) is 43.0 Å². The van der Waals surface area contributed by atoms with Gasteiger partial charge in [-0.3, -0.25) is 0 Å². The molecule has 4 N–H and O–H groups in total. The number of benzene rings is 2. The van der Waals surface area contributed by atoms with E-state index in [1.54, 1.807) is 18.2 Å². The molecule has 2 aromatic rings. The quantitative estimate of drug-likeness (QED) is 0.541. The molecule has 2 aliphatic rings. The third-order valence-corrected chi connectivity index (χ3v) is 6.17. The minimum Gasteiger partial charge on any atom is -0.494 e. The Hall–Kier alpha value is -1.71. The van der Waals surface area contributed by atoms with Crippen molar-refractivity contribution in [1.29, 1.82) is 0 Å². The van der Waals surface area contributed by atoms with Crippen LogP contribution in [-0.2, 0) is 21.7 Å². The Morgan fingerprint density at radius 2 is 1.83 bits per heavy atom. The van der Waals surface area contributed by atoms with Crippen molar-refractivity contribution in [1.82, 2.24) is 0 Å². The maximum atomic E-state index is 10.7. The first-order chi connectivity index (χ1) is 14.3. The molecule has 0 aliphatic carbocycles. The van der Waals surface area contributed by atoms with Crippen LogP contribution in [0.2, 0.25) is 5.02 Å². The van der Waals surface area contributed by atoms with Crippen LogP contribution in [0.5, 0.6) is 5.75 Å². The lowest BCUT2D eigenvalue weighted by atomic mass is 9.83. The molecule has 5 atom stereocenters. The molecule has 4 unspecified atom stereocenters. The van der Waals surface area contributed by atoms with E-state index in [0.29, 0.717) is 23.6 Å². The van der Waals surface area contributed by atoms with Crippen molar-refractivity contribution >= 4 is 11.6 Å². The van der Waals surface area contributed by atoms with Crippen molar-refractivity contribution in [2.24, 2.45) is 0 Å². The third kappa shape index (κ3) is 3.40. The number of ether oxygens (including phenoxy) is 3. The zero-order chi connectivity index (χ0) is 21.5. The van der Waals surface area contributed by atoms with Gasteiger partial charge in [-0.05, 0) is 48.7 Å². The van der Waals surface area contributed by atoms with Crippen LogP contribution in [-0.4, -0.2) is 64.2 Å². The van der Waals surface area contributed by atoms with Gasteiger partial charge in [0.25, 0.3) is 0 Å². The highest BCUT2D eigenvalue weighted by atomic mass is 35.5. The minimum absolute atomic E-state index is 0.171. The first kappa shape index (κ1) is 21.5. The van der Waals surface area contributed by atoms with Crippen LogP contribution in [0.15, 0.2) is 42.5 Å². The van der Waals surface area contributed by atoms with Crippen LogP contribution in [0.4, 0.5) is 0 Å². The highest BCUT2D eigenvalue weighted by Crippen LogP contribution is 2.49. The van der Waals surface area contributed by atoms with Crippen LogP contribution in [0.3, 0.4) is 0 Å². The maximum Gasteiger partial charge on any atom is 0.225 e. The van der Waals surface area contributed by atoms with Gasteiger partial charge in [0.05, 0.1) is 19.8 Å². The summed E-state index contributed by atoms with van der Waals surface area (Å²) in [5.41, 5.74) is 0.719. The van der Waals surface area contributed by atoms with Crippen LogP contribution in [0.25, 0.3) is 0 Å². The number of hydrogen-bond donors (Lipinski definition) is 4. The summed E-state index contributed by atoms with van der Waals surface area (Å²) in [6.45, 7) is 1.78. The molecule has 2 bridgehead atoms. The number of aliphatic hydroxyl groups excluding tert-OH is 4. The van der Waals surface area contributed by atoms with E-state index in [1.807, 2.05) is 31.2 Å². The van der Waals surface area contributed by atoms with E-state index >= 15 is 0 Å². The third-order valence-electron chi connectivity index (χ3n) is 5.81. The molecule has 30 heavy (non-hydrogen) atoms. The highest BCUT2D eigenvalue weighted by molar-refractivity contribution is 6.31. The molecule has 2 fully saturated rings. The number of fused-ring (bicyclic) bond motifs is 2. The lowest BCUT2D eigenvalue weighted by Crippen LogP contribution is -2.65. The molecule has 0 amide bonds. The lowest BCUT2D eigenvalue weighted by Gasteiger charge is -2.46. The van der Waals surface area contributed by atoms with E-state index in [9.17, 15) is 20.4 Å². The van der Waals surface area contributed by atoms with Gasteiger partial charge < -0.3 is 34.6 Å². The summed E-state index contributed by atoms with van der Waals surface area (Å²) in [6.07, 6.45) is -4.06. The van der Waals surface area contributed by atoms with Crippen molar-refractivity contribution < 1.29 is 34.6 Å². The summed E-state index contributed by atoms with van der Waals surface area (Å²) >= 11 is 6.41. The molecule has 0 spiro atoms. The van der Waals surface area contributed by atoms with Gasteiger partial charge in [0.15, 0.2) is 0 Å². The smallest absolute Gasteiger partial charge is 0.225 e. The Kier molecular flexibility index (Phi) is 5.80. The zero-order valence-electron chi connectivity index (χ0n) is 16.5. The summed E-state index contributed by atoms with van der Waals surface area (Å²) in [7, 11) is 0. The molecule has 0 saturated carbocycles. The average Bonchev–Trinajstić information content (AvgIpc) is 3.14. The van der Waals surface area contributed by atoms with E-state index in [0.717, 1.165) is 16.9 Å². The monoisotopic (exact) mass is 436 g/mol. The van der Waals surface area contributed by atoms with Crippen LogP contribution in [0.1, 0.15) is 23.6 Å². The van der Waals surface area contributed by atoms with E-state index in [-0.39, 0.29) is 6.61 Å². The van der Waals surface area contributed by atoms with E-state index in [1.165, 1.54) is 0 Å².